The molecule has 1 saturated heterocycles. The summed E-state index contributed by atoms with van der Waals surface area (Å²) in [4.78, 5) is 27.4. The summed E-state index contributed by atoms with van der Waals surface area (Å²) in [7, 11) is 0. The van der Waals surface area contributed by atoms with Crippen LogP contribution in [-0.4, -0.2) is 29.8 Å². The van der Waals surface area contributed by atoms with Crippen LogP contribution in [0.4, 0.5) is 5.69 Å². The van der Waals surface area contributed by atoms with E-state index in [9.17, 15) is 9.59 Å². The van der Waals surface area contributed by atoms with Crippen LogP contribution in [0.25, 0.3) is 0 Å². The van der Waals surface area contributed by atoms with Crippen molar-refractivity contribution in [3.05, 3.63) is 65.2 Å². The van der Waals surface area contributed by atoms with Crippen LogP contribution >= 0.6 is 0 Å². The lowest BCUT2D eigenvalue weighted by Gasteiger charge is -2.21. The van der Waals surface area contributed by atoms with Crippen LogP contribution in [0.3, 0.4) is 0 Å². The molecule has 1 aliphatic heterocycles. The lowest BCUT2D eigenvalue weighted by molar-refractivity contribution is -0.118. The number of carbonyl (C=O) groups excluding carboxylic acids is 2. The molecule has 0 atom stereocenters. The van der Waals surface area contributed by atoms with Gasteiger partial charge in [0.2, 0.25) is 5.91 Å². The fourth-order valence-corrected chi connectivity index (χ4v) is 4.11. The second-order valence-electron chi connectivity index (χ2n) is 9.44. The number of benzene rings is 2. The molecule has 2 aromatic rings. The number of anilines is 1. The van der Waals surface area contributed by atoms with E-state index in [1.807, 2.05) is 29.2 Å². The fraction of sp³-hybridized carbons (Fsp3) is 0.440. The number of nitrogens with zero attached hydrogens (tertiary/aromatic N) is 1. The number of likely N-dealkylation sites (tertiary alicyclic amines) is 1. The summed E-state index contributed by atoms with van der Waals surface area (Å²) >= 11 is 0. The smallest absolute Gasteiger partial charge is 0.253 e. The number of amides is 2. The first-order valence-corrected chi connectivity index (χ1v) is 10.6. The van der Waals surface area contributed by atoms with Gasteiger partial charge in [0.15, 0.2) is 0 Å². The van der Waals surface area contributed by atoms with Crippen molar-refractivity contribution in [3.8, 4) is 0 Å². The third-order valence-corrected chi connectivity index (χ3v) is 6.27. The van der Waals surface area contributed by atoms with Crippen molar-refractivity contribution >= 4 is 17.5 Å². The zero-order valence-electron chi connectivity index (χ0n) is 17.6. The van der Waals surface area contributed by atoms with E-state index in [1.165, 1.54) is 5.56 Å². The Morgan fingerprint density at radius 2 is 1.48 bits per heavy atom. The Kier molecular flexibility index (Phi) is 4.97. The van der Waals surface area contributed by atoms with Gasteiger partial charge in [0.25, 0.3) is 5.91 Å². The minimum Gasteiger partial charge on any atom is -0.339 e. The van der Waals surface area contributed by atoms with Crippen molar-refractivity contribution in [2.24, 2.45) is 0 Å². The van der Waals surface area contributed by atoms with E-state index in [1.54, 1.807) is 0 Å². The van der Waals surface area contributed by atoms with Gasteiger partial charge in [-0.15, -0.1) is 0 Å². The maximum Gasteiger partial charge on any atom is 0.253 e. The van der Waals surface area contributed by atoms with E-state index in [0.29, 0.717) is 5.56 Å². The highest BCUT2D eigenvalue weighted by atomic mass is 16.2. The van der Waals surface area contributed by atoms with Crippen LogP contribution in [0.15, 0.2) is 48.5 Å². The number of nitrogens with one attached hydrogen (secondary N) is 1. The minimum atomic E-state index is -0.416. The van der Waals surface area contributed by atoms with Crippen LogP contribution in [0.1, 0.15) is 67.9 Å². The molecule has 1 N–H and O–H groups in total. The highest BCUT2D eigenvalue weighted by molar-refractivity contribution is 6.02. The SMILES string of the molecule is CC(C)(C)c1ccc(C2(C(=O)Nc3ccc(C(=O)N4CCCC4)cc3)CC2)cc1. The average molecular weight is 391 g/mol. The fourth-order valence-electron chi connectivity index (χ4n) is 4.11. The molecule has 4 nitrogen and oxygen atoms in total. The normalized spacial score (nSPS) is 17.8. The molecule has 2 fully saturated rings. The highest BCUT2D eigenvalue weighted by Crippen LogP contribution is 2.49. The molecule has 4 rings (SSSR count). The molecule has 152 valence electrons. The van der Waals surface area contributed by atoms with Gasteiger partial charge in [-0.3, -0.25) is 9.59 Å². The van der Waals surface area contributed by atoms with E-state index >= 15 is 0 Å². The van der Waals surface area contributed by atoms with Gasteiger partial charge in [0.05, 0.1) is 5.41 Å². The Bertz CT molecular complexity index is 897. The van der Waals surface area contributed by atoms with Gasteiger partial charge in [-0.25, -0.2) is 0 Å². The molecule has 29 heavy (non-hydrogen) atoms. The monoisotopic (exact) mass is 390 g/mol. The van der Waals surface area contributed by atoms with E-state index in [4.69, 9.17) is 0 Å². The third kappa shape index (κ3) is 3.93. The molecular formula is C25H30N2O2. The Hall–Kier alpha value is -2.62. The highest BCUT2D eigenvalue weighted by Gasteiger charge is 2.51. The first-order valence-electron chi connectivity index (χ1n) is 10.6. The summed E-state index contributed by atoms with van der Waals surface area (Å²) < 4.78 is 0. The van der Waals surface area contributed by atoms with Crippen molar-refractivity contribution in [3.63, 3.8) is 0 Å². The van der Waals surface area contributed by atoms with Crippen LogP contribution in [0.2, 0.25) is 0 Å². The molecule has 1 saturated carbocycles. The van der Waals surface area contributed by atoms with Crippen LogP contribution in [0.5, 0.6) is 0 Å². The van der Waals surface area contributed by atoms with Crippen LogP contribution < -0.4 is 5.32 Å². The van der Waals surface area contributed by atoms with Crippen molar-refractivity contribution in [2.75, 3.05) is 18.4 Å². The zero-order chi connectivity index (χ0) is 20.6. The predicted molar refractivity (Wildman–Crippen MR) is 116 cm³/mol. The maximum absolute atomic E-state index is 13.0. The minimum absolute atomic E-state index is 0.0413. The Morgan fingerprint density at radius 3 is 2.00 bits per heavy atom. The summed E-state index contributed by atoms with van der Waals surface area (Å²) in [6, 6.07) is 15.8. The zero-order valence-corrected chi connectivity index (χ0v) is 17.6. The summed E-state index contributed by atoms with van der Waals surface area (Å²) in [6.45, 7) is 8.26. The van der Waals surface area contributed by atoms with Gasteiger partial charge < -0.3 is 10.2 Å². The number of hydrogen-bond donors (Lipinski definition) is 1. The van der Waals surface area contributed by atoms with Crippen molar-refractivity contribution in [2.45, 2.75) is 57.3 Å². The largest absolute Gasteiger partial charge is 0.339 e. The Labute approximate surface area is 173 Å². The van der Waals surface area contributed by atoms with E-state index in [2.05, 4.69) is 50.4 Å². The first kappa shape index (κ1) is 19.7. The molecule has 0 bridgehead atoms. The van der Waals surface area contributed by atoms with Gasteiger partial charge in [-0.05, 0) is 66.5 Å². The summed E-state index contributed by atoms with van der Waals surface area (Å²) in [5, 5.41) is 3.06. The van der Waals surface area contributed by atoms with Gasteiger partial charge in [-0.2, -0.15) is 0 Å². The topological polar surface area (TPSA) is 49.4 Å². The van der Waals surface area contributed by atoms with E-state index in [0.717, 1.165) is 50.0 Å². The van der Waals surface area contributed by atoms with Gasteiger partial charge in [0, 0.05) is 24.3 Å². The first-order chi connectivity index (χ1) is 13.8. The summed E-state index contributed by atoms with van der Waals surface area (Å²) in [5.41, 5.74) is 3.47. The molecular weight excluding hydrogens is 360 g/mol. The average Bonchev–Trinajstić information content (AvgIpc) is 3.34. The molecule has 2 amide bonds. The Morgan fingerprint density at radius 1 is 0.897 bits per heavy atom. The second kappa shape index (κ2) is 7.33. The molecule has 1 heterocycles. The quantitative estimate of drug-likeness (QED) is 0.808. The van der Waals surface area contributed by atoms with Crippen molar-refractivity contribution in [1.29, 1.82) is 0 Å². The number of rotatable bonds is 4. The van der Waals surface area contributed by atoms with E-state index < -0.39 is 5.41 Å². The summed E-state index contributed by atoms with van der Waals surface area (Å²) in [6.07, 6.45) is 3.91. The number of carbonyl (C=O) groups is 2. The van der Waals surface area contributed by atoms with Gasteiger partial charge in [0.1, 0.15) is 0 Å². The molecule has 0 aromatic heterocycles. The molecule has 0 unspecified atom stereocenters. The van der Waals surface area contributed by atoms with Crippen LogP contribution in [0, 0.1) is 0 Å². The summed E-state index contributed by atoms with van der Waals surface area (Å²) in [5.74, 6) is 0.123. The lowest BCUT2D eigenvalue weighted by Crippen LogP contribution is -2.28. The standard InChI is InChI=1S/C25H30N2O2/c1-24(2,3)19-8-10-20(11-9-19)25(14-15-25)23(29)26-21-12-6-18(7-13-21)22(28)27-16-4-5-17-27/h6-13H,4-5,14-17H2,1-3H3,(H,26,29). The molecule has 2 aromatic carbocycles. The predicted octanol–water partition coefficient (Wildman–Crippen LogP) is 4.89. The Balaban J connectivity index is 1.44. The molecule has 2 aliphatic rings. The molecule has 0 spiro atoms. The van der Waals surface area contributed by atoms with Gasteiger partial charge in [-0.1, -0.05) is 45.0 Å². The molecule has 0 radical (unpaired) electrons. The lowest BCUT2D eigenvalue weighted by atomic mass is 9.85. The van der Waals surface area contributed by atoms with Crippen molar-refractivity contribution < 1.29 is 9.59 Å². The molecule has 4 heteroatoms. The van der Waals surface area contributed by atoms with E-state index in [-0.39, 0.29) is 17.2 Å². The van der Waals surface area contributed by atoms with Crippen molar-refractivity contribution in [1.82, 2.24) is 4.90 Å². The molecule has 1 aliphatic carbocycles. The van der Waals surface area contributed by atoms with Crippen LogP contribution in [-0.2, 0) is 15.6 Å². The third-order valence-electron chi connectivity index (χ3n) is 6.27. The van der Waals surface area contributed by atoms with Gasteiger partial charge >= 0.3 is 0 Å². The second-order valence-corrected chi connectivity index (χ2v) is 9.44. The number of hydrogen-bond acceptors (Lipinski definition) is 2. The maximum atomic E-state index is 13.0.